The lowest BCUT2D eigenvalue weighted by Gasteiger charge is -2.36. The molecule has 2 aliphatic rings. The number of piperidine rings is 1. The van der Waals surface area contributed by atoms with Crippen LogP contribution in [-0.2, 0) is 15.0 Å². The number of nitrogens with zero attached hydrogens (tertiary/aromatic N) is 3. The number of likely N-dealkylation sites (N-methyl/N-ethyl adjacent to an activating group) is 1. The molecule has 7 nitrogen and oxygen atoms in total. The fraction of sp³-hybridized carbons (Fsp3) is 0.444. The second kappa shape index (κ2) is 7.11. The molecule has 0 spiro atoms. The number of carbonyl (C=O) groups is 1. The second-order valence-electron chi connectivity index (χ2n) is 6.53. The highest BCUT2D eigenvalue weighted by Gasteiger charge is 2.34. The van der Waals surface area contributed by atoms with Gasteiger partial charge in [-0.05, 0) is 44.4 Å². The third-order valence-corrected chi connectivity index (χ3v) is 6.14. The number of benzene rings is 1. The van der Waals surface area contributed by atoms with Crippen LogP contribution in [0.2, 0.25) is 0 Å². The van der Waals surface area contributed by atoms with E-state index in [0.717, 1.165) is 23.6 Å². The van der Waals surface area contributed by atoms with E-state index in [2.05, 4.69) is 4.40 Å². The van der Waals surface area contributed by atoms with Crippen LogP contribution in [0.5, 0.6) is 5.75 Å². The Morgan fingerprint density at radius 2 is 2.08 bits per heavy atom. The number of hydrogen-bond donors (Lipinski definition) is 0. The Bertz CT molecular complexity index is 876. The van der Waals surface area contributed by atoms with Gasteiger partial charge in [0.2, 0.25) is 0 Å². The predicted molar refractivity (Wildman–Crippen MR) is 99.3 cm³/mol. The minimum Gasteiger partial charge on any atom is -0.497 e. The maximum absolute atomic E-state index is 13.0. The number of hydrogen-bond acceptors (Lipinski definition) is 4. The molecule has 0 aromatic heterocycles. The minimum absolute atomic E-state index is 0.0902. The first kappa shape index (κ1) is 18.4. The lowest BCUT2D eigenvalue weighted by atomic mass is 10.0. The zero-order chi connectivity index (χ0) is 18.9. The summed E-state index contributed by atoms with van der Waals surface area (Å²) in [4.78, 5) is 14.8. The van der Waals surface area contributed by atoms with Crippen LogP contribution in [0.3, 0.4) is 0 Å². The summed E-state index contributed by atoms with van der Waals surface area (Å²) in [7, 11) is -1.07. The van der Waals surface area contributed by atoms with Gasteiger partial charge in [-0.1, -0.05) is 12.1 Å². The molecule has 0 aliphatic carbocycles. The maximum Gasteiger partial charge on any atom is 0.345 e. The van der Waals surface area contributed by atoms with Crippen molar-refractivity contribution in [3.63, 3.8) is 0 Å². The molecule has 1 aromatic rings. The first-order valence-electron chi connectivity index (χ1n) is 8.59. The highest BCUT2D eigenvalue weighted by atomic mass is 32.2. The molecular formula is C18H23N3O4S. The summed E-state index contributed by atoms with van der Waals surface area (Å²) in [6, 6.07) is 7.04. The molecule has 2 heterocycles. The standard InChI is InChI=1S/C18H23N3O4S/c1-13-7-4-5-10-21(13)18(22)17-12-16(19-26(23,24)20(17)2)14-8-6-9-15(11-14)25-3/h6,8-9,11-13H,4-5,7,10H2,1-3H3. The molecule has 8 heteroatoms. The molecule has 2 aliphatic heterocycles. The van der Waals surface area contributed by atoms with Crippen LogP contribution in [0, 0.1) is 0 Å². The average Bonchev–Trinajstić information content (AvgIpc) is 2.63. The molecule has 0 bridgehead atoms. The summed E-state index contributed by atoms with van der Waals surface area (Å²) in [5.74, 6) is 0.311. The molecule has 1 saturated heterocycles. The van der Waals surface area contributed by atoms with Gasteiger partial charge in [-0.3, -0.25) is 4.79 Å². The van der Waals surface area contributed by atoms with Crippen LogP contribution >= 0.6 is 0 Å². The maximum atomic E-state index is 13.0. The number of ether oxygens (including phenoxy) is 1. The van der Waals surface area contributed by atoms with Gasteiger partial charge in [-0.2, -0.15) is 8.42 Å². The van der Waals surface area contributed by atoms with E-state index in [0.29, 0.717) is 17.9 Å². The van der Waals surface area contributed by atoms with Crippen molar-refractivity contribution in [3.8, 4) is 5.75 Å². The molecule has 1 atom stereocenters. The van der Waals surface area contributed by atoms with Crippen LogP contribution in [0.4, 0.5) is 0 Å². The van der Waals surface area contributed by atoms with Crippen molar-refractivity contribution in [2.75, 3.05) is 20.7 Å². The summed E-state index contributed by atoms with van der Waals surface area (Å²) >= 11 is 0. The molecular weight excluding hydrogens is 354 g/mol. The lowest BCUT2D eigenvalue weighted by molar-refractivity contribution is -0.131. The van der Waals surface area contributed by atoms with Gasteiger partial charge in [0, 0.05) is 25.2 Å². The van der Waals surface area contributed by atoms with E-state index >= 15 is 0 Å². The molecule has 1 aromatic carbocycles. The Labute approximate surface area is 154 Å². The number of methoxy groups -OCH3 is 1. The van der Waals surface area contributed by atoms with Gasteiger partial charge in [0.05, 0.1) is 12.8 Å². The topological polar surface area (TPSA) is 79.3 Å². The number of allylic oxidation sites excluding steroid dienone is 1. The quantitative estimate of drug-likeness (QED) is 0.807. The molecule has 0 saturated carbocycles. The fourth-order valence-corrected chi connectivity index (χ4v) is 4.13. The molecule has 140 valence electrons. The molecule has 0 radical (unpaired) electrons. The summed E-state index contributed by atoms with van der Waals surface area (Å²) in [5.41, 5.74) is 0.930. The van der Waals surface area contributed by atoms with Crippen molar-refractivity contribution < 1.29 is 17.9 Å². The van der Waals surface area contributed by atoms with Gasteiger partial charge in [-0.25, -0.2) is 4.31 Å². The SMILES string of the molecule is COc1cccc(C2=NS(=O)(=O)N(C)C(C(=O)N3CCCCC3C)=C2)c1. The fourth-order valence-electron chi connectivity index (χ4n) is 3.22. The lowest BCUT2D eigenvalue weighted by Crippen LogP contribution is -2.46. The Morgan fingerprint density at radius 3 is 2.77 bits per heavy atom. The Morgan fingerprint density at radius 1 is 1.31 bits per heavy atom. The first-order valence-corrected chi connectivity index (χ1v) is 9.99. The van der Waals surface area contributed by atoms with Crippen LogP contribution in [0.1, 0.15) is 31.7 Å². The zero-order valence-electron chi connectivity index (χ0n) is 15.2. The predicted octanol–water partition coefficient (Wildman–Crippen LogP) is 1.96. The Kier molecular flexibility index (Phi) is 5.04. The van der Waals surface area contributed by atoms with Crippen LogP contribution < -0.4 is 4.74 Å². The second-order valence-corrected chi connectivity index (χ2v) is 8.15. The van der Waals surface area contributed by atoms with E-state index in [9.17, 15) is 13.2 Å². The van der Waals surface area contributed by atoms with Crippen molar-refractivity contribution in [2.45, 2.75) is 32.2 Å². The van der Waals surface area contributed by atoms with Gasteiger partial charge in [0.1, 0.15) is 11.4 Å². The van der Waals surface area contributed by atoms with Crippen LogP contribution in [0.15, 0.2) is 40.4 Å². The van der Waals surface area contributed by atoms with Crippen LogP contribution in [0.25, 0.3) is 0 Å². The smallest absolute Gasteiger partial charge is 0.345 e. The minimum atomic E-state index is -3.96. The normalized spacial score (nSPS) is 22.5. The average molecular weight is 377 g/mol. The van der Waals surface area contributed by atoms with Crippen molar-refractivity contribution in [1.29, 1.82) is 0 Å². The molecule has 0 N–H and O–H groups in total. The highest BCUT2D eigenvalue weighted by molar-refractivity contribution is 7.88. The number of carbonyl (C=O) groups excluding carboxylic acids is 1. The molecule has 1 fully saturated rings. The number of rotatable bonds is 3. The van der Waals surface area contributed by atoms with E-state index in [1.54, 1.807) is 35.2 Å². The Balaban J connectivity index is 2.02. The van der Waals surface area contributed by atoms with Gasteiger partial charge in [0.15, 0.2) is 0 Å². The summed E-state index contributed by atoms with van der Waals surface area (Å²) < 4.78 is 35.0. The number of amides is 1. The molecule has 1 amide bonds. The third kappa shape index (κ3) is 3.46. The summed E-state index contributed by atoms with van der Waals surface area (Å²) in [6.07, 6.45) is 4.47. The van der Waals surface area contributed by atoms with Crippen molar-refractivity contribution in [2.24, 2.45) is 4.40 Å². The monoisotopic (exact) mass is 377 g/mol. The Hall–Kier alpha value is -2.35. The highest BCUT2D eigenvalue weighted by Crippen LogP contribution is 2.25. The molecule has 3 rings (SSSR count). The van der Waals surface area contributed by atoms with E-state index in [-0.39, 0.29) is 23.4 Å². The van der Waals surface area contributed by atoms with Crippen molar-refractivity contribution in [1.82, 2.24) is 9.21 Å². The van der Waals surface area contributed by atoms with Crippen LogP contribution in [-0.4, -0.2) is 56.0 Å². The number of likely N-dealkylation sites (tertiary alicyclic amines) is 1. The van der Waals surface area contributed by atoms with E-state index in [4.69, 9.17) is 4.74 Å². The van der Waals surface area contributed by atoms with E-state index < -0.39 is 10.2 Å². The largest absolute Gasteiger partial charge is 0.497 e. The molecule has 1 unspecified atom stereocenters. The van der Waals surface area contributed by atoms with Gasteiger partial charge in [-0.15, -0.1) is 4.40 Å². The molecule has 26 heavy (non-hydrogen) atoms. The zero-order valence-corrected chi connectivity index (χ0v) is 16.0. The van der Waals surface area contributed by atoms with E-state index in [1.165, 1.54) is 14.2 Å². The summed E-state index contributed by atoms with van der Waals surface area (Å²) in [6.45, 7) is 2.63. The third-order valence-electron chi connectivity index (χ3n) is 4.82. The first-order chi connectivity index (χ1) is 12.3. The van der Waals surface area contributed by atoms with Crippen molar-refractivity contribution in [3.05, 3.63) is 41.6 Å². The summed E-state index contributed by atoms with van der Waals surface area (Å²) in [5, 5.41) is 0. The van der Waals surface area contributed by atoms with Crippen molar-refractivity contribution >= 4 is 21.8 Å². The van der Waals surface area contributed by atoms with Gasteiger partial charge >= 0.3 is 10.2 Å². The van der Waals surface area contributed by atoms with Gasteiger partial charge in [0.25, 0.3) is 5.91 Å². The van der Waals surface area contributed by atoms with E-state index in [1.807, 2.05) is 6.92 Å². The van der Waals surface area contributed by atoms with Gasteiger partial charge < -0.3 is 9.64 Å².